The Morgan fingerprint density at radius 3 is 2.58 bits per heavy atom. The van der Waals surface area contributed by atoms with Crippen molar-refractivity contribution in [2.24, 2.45) is 5.92 Å². The Bertz CT molecular complexity index is 232. The molecule has 2 N–H and O–H groups in total. The Kier molecular flexibility index (Phi) is 7.91. The van der Waals surface area contributed by atoms with Crippen LogP contribution < -0.4 is 5.32 Å². The predicted molar refractivity (Wildman–Crippen MR) is 79.4 cm³/mol. The Labute approximate surface area is 118 Å². The average Bonchev–Trinajstić information content (AvgIpc) is 2.40. The minimum Gasteiger partial charge on any atom is -0.392 e. The number of aliphatic hydroxyl groups is 1. The Morgan fingerprint density at radius 2 is 2.00 bits per heavy atom. The molecule has 0 saturated carbocycles. The number of hydrogen-bond acceptors (Lipinski definition) is 4. The van der Waals surface area contributed by atoms with E-state index in [0.29, 0.717) is 18.5 Å². The van der Waals surface area contributed by atoms with Gasteiger partial charge in [0.1, 0.15) is 0 Å². The zero-order valence-electron chi connectivity index (χ0n) is 13.1. The van der Waals surface area contributed by atoms with Gasteiger partial charge in [0.25, 0.3) is 0 Å². The van der Waals surface area contributed by atoms with Crippen LogP contribution in [-0.4, -0.2) is 61.0 Å². The van der Waals surface area contributed by atoms with Crippen LogP contribution >= 0.6 is 0 Å². The summed E-state index contributed by atoms with van der Waals surface area (Å²) in [4.78, 5) is 2.45. The summed E-state index contributed by atoms with van der Waals surface area (Å²) in [6.07, 6.45) is 2.10. The van der Waals surface area contributed by atoms with Crippen molar-refractivity contribution in [1.29, 1.82) is 0 Å². The van der Waals surface area contributed by atoms with E-state index in [0.717, 1.165) is 39.1 Å². The SMILES string of the molecule is CCC(CC)C(O)CNCC1CN(C(C)C)CCO1. The van der Waals surface area contributed by atoms with Gasteiger partial charge in [-0.3, -0.25) is 4.90 Å². The number of rotatable bonds is 8. The normalized spacial score (nSPS) is 23.2. The smallest absolute Gasteiger partial charge is 0.0826 e. The zero-order valence-corrected chi connectivity index (χ0v) is 13.1. The van der Waals surface area contributed by atoms with Crippen LogP contribution in [0.2, 0.25) is 0 Å². The van der Waals surface area contributed by atoms with Gasteiger partial charge in [-0.05, 0) is 19.8 Å². The van der Waals surface area contributed by atoms with Crippen LogP contribution in [0.3, 0.4) is 0 Å². The third kappa shape index (κ3) is 5.78. The van der Waals surface area contributed by atoms with Crippen molar-refractivity contribution < 1.29 is 9.84 Å². The number of nitrogens with zero attached hydrogens (tertiary/aromatic N) is 1. The van der Waals surface area contributed by atoms with Crippen molar-refractivity contribution >= 4 is 0 Å². The van der Waals surface area contributed by atoms with E-state index in [9.17, 15) is 5.11 Å². The van der Waals surface area contributed by atoms with Gasteiger partial charge in [-0.1, -0.05) is 26.7 Å². The molecule has 1 fully saturated rings. The molecular formula is C15H32N2O2. The average molecular weight is 272 g/mol. The summed E-state index contributed by atoms with van der Waals surface area (Å²) in [7, 11) is 0. The lowest BCUT2D eigenvalue weighted by molar-refractivity contribution is -0.0384. The van der Waals surface area contributed by atoms with Crippen LogP contribution in [0.4, 0.5) is 0 Å². The van der Waals surface area contributed by atoms with Crippen molar-refractivity contribution in [3.05, 3.63) is 0 Å². The zero-order chi connectivity index (χ0) is 14.3. The number of nitrogens with one attached hydrogen (secondary N) is 1. The van der Waals surface area contributed by atoms with Crippen molar-refractivity contribution in [1.82, 2.24) is 10.2 Å². The molecule has 0 spiro atoms. The van der Waals surface area contributed by atoms with Gasteiger partial charge in [0.2, 0.25) is 0 Å². The van der Waals surface area contributed by atoms with E-state index in [1.54, 1.807) is 0 Å². The third-order valence-corrected chi connectivity index (χ3v) is 4.22. The molecular weight excluding hydrogens is 240 g/mol. The lowest BCUT2D eigenvalue weighted by atomic mass is 9.96. The summed E-state index contributed by atoms with van der Waals surface area (Å²) in [5.74, 6) is 0.409. The highest BCUT2D eigenvalue weighted by Crippen LogP contribution is 2.12. The van der Waals surface area contributed by atoms with Crippen LogP contribution in [0.15, 0.2) is 0 Å². The molecule has 0 aliphatic carbocycles. The van der Waals surface area contributed by atoms with Gasteiger partial charge in [-0.25, -0.2) is 0 Å². The van der Waals surface area contributed by atoms with E-state index >= 15 is 0 Å². The molecule has 0 bridgehead atoms. The van der Waals surface area contributed by atoms with E-state index < -0.39 is 0 Å². The minimum absolute atomic E-state index is 0.236. The fraction of sp³-hybridized carbons (Fsp3) is 1.00. The maximum atomic E-state index is 10.1. The first-order valence-electron chi connectivity index (χ1n) is 7.82. The van der Waals surface area contributed by atoms with Gasteiger partial charge in [0.15, 0.2) is 0 Å². The fourth-order valence-corrected chi connectivity index (χ4v) is 2.73. The molecule has 1 heterocycles. The first-order chi connectivity index (χ1) is 9.08. The minimum atomic E-state index is -0.236. The van der Waals surface area contributed by atoms with Gasteiger partial charge < -0.3 is 15.2 Å². The predicted octanol–water partition coefficient (Wildman–Crippen LogP) is 1.48. The highest BCUT2D eigenvalue weighted by atomic mass is 16.5. The molecule has 0 aromatic rings. The quantitative estimate of drug-likeness (QED) is 0.702. The van der Waals surface area contributed by atoms with Crippen molar-refractivity contribution in [3.8, 4) is 0 Å². The van der Waals surface area contributed by atoms with Crippen LogP contribution in [0, 0.1) is 5.92 Å². The Balaban J connectivity index is 2.21. The summed E-state index contributed by atoms with van der Waals surface area (Å²) in [6.45, 7) is 13.1. The summed E-state index contributed by atoms with van der Waals surface area (Å²) in [5.41, 5.74) is 0. The first-order valence-corrected chi connectivity index (χ1v) is 7.82. The van der Waals surface area contributed by atoms with Crippen molar-refractivity contribution in [2.45, 2.75) is 58.8 Å². The fourth-order valence-electron chi connectivity index (χ4n) is 2.73. The third-order valence-electron chi connectivity index (χ3n) is 4.22. The van der Waals surface area contributed by atoms with E-state index in [1.165, 1.54) is 0 Å². The van der Waals surface area contributed by atoms with Crippen LogP contribution in [0.5, 0.6) is 0 Å². The largest absolute Gasteiger partial charge is 0.392 e. The van der Waals surface area contributed by atoms with Crippen LogP contribution in [0.25, 0.3) is 0 Å². The maximum Gasteiger partial charge on any atom is 0.0826 e. The summed E-state index contributed by atoms with van der Waals surface area (Å²) >= 11 is 0. The molecule has 1 rings (SSSR count). The molecule has 4 nitrogen and oxygen atoms in total. The van der Waals surface area contributed by atoms with Crippen LogP contribution in [-0.2, 0) is 4.74 Å². The van der Waals surface area contributed by atoms with Gasteiger partial charge in [-0.2, -0.15) is 0 Å². The second kappa shape index (κ2) is 8.90. The van der Waals surface area contributed by atoms with Gasteiger partial charge in [-0.15, -0.1) is 0 Å². The first kappa shape index (κ1) is 16.9. The standard InChI is InChI=1S/C15H32N2O2/c1-5-13(6-2)15(18)10-16-9-14-11-17(12(3)4)7-8-19-14/h12-16,18H,5-11H2,1-4H3. The molecule has 19 heavy (non-hydrogen) atoms. The van der Waals surface area contributed by atoms with E-state index in [4.69, 9.17) is 4.74 Å². The van der Waals surface area contributed by atoms with Gasteiger partial charge in [0, 0.05) is 32.2 Å². The number of hydrogen-bond donors (Lipinski definition) is 2. The molecule has 1 saturated heterocycles. The van der Waals surface area contributed by atoms with Gasteiger partial charge in [0.05, 0.1) is 18.8 Å². The molecule has 0 aromatic carbocycles. The molecule has 0 radical (unpaired) electrons. The molecule has 0 aromatic heterocycles. The second-order valence-electron chi connectivity index (χ2n) is 5.88. The molecule has 2 unspecified atom stereocenters. The monoisotopic (exact) mass is 272 g/mol. The van der Waals surface area contributed by atoms with Crippen molar-refractivity contribution in [2.75, 3.05) is 32.8 Å². The Morgan fingerprint density at radius 1 is 1.32 bits per heavy atom. The summed E-state index contributed by atoms with van der Waals surface area (Å²) in [5, 5.41) is 13.4. The second-order valence-corrected chi connectivity index (χ2v) is 5.88. The van der Waals surface area contributed by atoms with E-state index in [1.807, 2.05) is 0 Å². The van der Waals surface area contributed by atoms with Crippen molar-refractivity contribution in [3.63, 3.8) is 0 Å². The number of morpholine rings is 1. The van der Waals surface area contributed by atoms with E-state index in [2.05, 4.69) is 37.9 Å². The lowest BCUT2D eigenvalue weighted by Crippen LogP contribution is -2.49. The number of aliphatic hydroxyl groups excluding tert-OH is 1. The maximum absolute atomic E-state index is 10.1. The molecule has 4 heteroatoms. The molecule has 2 atom stereocenters. The topological polar surface area (TPSA) is 44.7 Å². The van der Waals surface area contributed by atoms with E-state index in [-0.39, 0.29) is 12.2 Å². The highest BCUT2D eigenvalue weighted by molar-refractivity contribution is 4.77. The molecule has 0 amide bonds. The molecule has 114 valence electrons. The highest BCUT2D eigenvalue weighted by Gasteiger charge is 2.22. The number of ether oxygens (including phenoxy) is 1. The lowest BCUT2D eigenvalue weighted by Gasteiger charge is -2.35. The molecule has 1 aliphatic heterocycles. The van der Waals surface area contributed by atoms with Crippen LogP contribution in [0.1, 0.15) is 40.5 Å². The summed E-state index contributed by atoms with van der Waals surface area (Å²) < 4.78 is 5.77. The molecule has 1 aliphatic rings. The Hall–Kier alpha value is -0.160. The summed E-state index contributed by atoms with van der Waals surface area (Å²) in [6, 6.07) is 0.585. The van der Waals surface area contributed by atoms with Gasteiger partial charge >= 0.3 is 0 Å².